The molecule has 0 spiro atoms. The zero-order valence-corrected chi connectivity index (χ0v) is 34.4. The Morgan fingerprint density at radius 2 is 0.883 bits per heavy atom. The lowest BCUT2D eigenvalue weighted by molar-refractivity contribution is 0.660. The monoisotopic (exact) mass is 783 g/mol. The molecule has 0 amide bonds. The van der Waals surface area contributed by atoms with Crippen molar-refractivity contribution >= 4 is 48.6 Å². The number of anilines is 3. The molecule has 1 heterocycles. The van der Waals surface area contributed by atoms with Crippen LogP contribution in [0.25, 0.3) is 53.6 Å². The lowest BCUT2D eigenvalue weighted by Crippen LogP contribution is -2.28. The highest BCUT2D eigenvalue weighted by Gasteiger charge is 2.47. The first kappa shape index (κ1) is 35.0. The van der Waals surface area contributed by atoms with Gasteiger partial charge in [0.15, 0.2) is 0 Å². The van der Waals surface area contributed by atoms with Gasteiger partial charge in [-0.05, 0) is 109 Å². The molecule has 60 heavy (non-hydrogen) atoms. The van der Waals surface area contributed by atoms with Crippen LogP contribution in [-0.4, -0.2) is 0 Å². The van der Waals surface area contributed by atoms with Gasteiger partial charge in [0.2, 0.25) is 0 Å². The van der Waals surface area contributed by atoms with Gasteiger partial charge in [0.05, 0.1) is 5.41 Å². The standard InChI is InChI=1S/C58H41NS/c1-57(2)49-23-12-9-20-44(49)47-34-32-42(36-53(47)57)59(41-30-28-39(29-31-41)38-16-5-3-6-17-38)43-33-35-48-55(37-43)60-54-27-15-26-52(56(48)54)58(40-18-7-4-8-19-40)50-24-13-10-21-45(50)46-22-11-14-25-51(46)58/h3-37H,1-2H3. The lowest BCUT2D eigenvalue weighted by Gasteiger charge is -2.34. The van der Waals surface area contributed by atoms with Gasteiger partial charge in [-0.3, -0.25) is 0 Å². The maximum absolute atomic E-state index is 2.45. The SMILES string of the molecule is CC1(C)c2ccccc2-c2ccc(N(c3ccc(-c4ccccc4)cc3)c3ccc4c(c3)sc3cccc(C5(c6ccccc6)c6ccccc6-c6ccccc65)c34)cc21. The van der Waals surface area contributed by atoms with Crippen molar-refractivity contribution in [1.82, 2.24) is 0 Å². The molecule has 0 atom stereocenters. The molecular weight excluding hydrogens is 743 g/mol. The van der Waals surface area contributed by atoms with Crippen molar-refractivity contribution in [1.29, 1.82) is 0 Å². The maximum Gasteiger partial charge on any atom is 0.0720 e. The van der Waals surface area contributed by atoms with E-state index in [0.29, 0.717) is 0 Å². The molecule has 0 aliphatic heterocycles. The maximum atomic E-state index is 2.45. The Morgan fingerprint density at radius 3 is 1.58 bits per heavy atom. The molecule has 2 heteroatoms. The summed E-state index contributed by atoms with van der Waals surface area (Å²) in [7, 11) is 0. The van der Waals surface area contributed by atoms with E-state index in [9.17, 15) is 0 Å². The third-order valence-corrected chi connectivity index (χ3v) is 14.5. The van der Waals surface area contributed by atoms with E-state index in [0.717, 1.165) is 17.1 Å². The van der Waals surface area contributed by atoms with Crippen LogP contribution < -0.4 is 4.90 Å². The quantitative estimate of drug-likeness (QED) is 0.162. The molecule has 12 rings (SSSR count). The van der Waals surface area contributed by atoms with Crippen LogP contribution in [-0.2, 0) is 10.8 Å². The van der Waals surface area contributed by atoms with Gasteiger partial charge in [0.25, 0.3) is 0 Å². The summed E-state index contributed by atoms with van der Waals surface area (Å²) in [5, 5.41) is 2.62. The van der Waals surface area contributed by atoms with Crippen molar-refractivity contribution in [3.05, 3.63) is 246 Å². The van der Waals surface area contributed by atoms with E-state index in [1.165, 1.54) is 86.9 Å². The molecule has 0 fully saturated rings. The lowest BCUT2D eigenvalue weighted by atomic mass is 9.66. The van der Waals surface area contributed by atoms with Crippen molar-refractivity contribution in [2.75, 3.05) is 4.90 Å². The molecule has 0 saturated heterocycles. The number of nitrogens with zero attached hydrogens (tertiary/aromatic N) is 1. The summed E-state index contributed by atoms with van der Waals surface area (Å²) in [6.45, 7) is 4.73. The van der Waals surface area contributed by atoms with E-state index in [4.69, 9.17) is 0 Å². The number of rotatable bonds is 6. The largest absolute Gasteiger partial charge is 0.310 e. The fourth-order valence-corrected chi connectivity index (χ4v) is 11.8. The smallest absolute Gasteiger partial charge is 0.0720 e. The Hall–Kier alpha value is -7.00. The molecule has 284 valence electrons. The van der Waals surface area contributed by atoms with Gasteiger partial charge in [-0.25, -0.2) is 0 Å². The van der Waals surface area contributed by atoms with E-state index in [1.807, 2.05) is 11.3 Å². The predicted molar refractivity (Wildman–Crippen MR) is 254 cm³/mol. The van der Waals surface area contributed by atoms with E-state index < -0.39 is 5.41 Å². The fourth-order valence-electron chi connectivity index (χ4n) is 10.7. The summed E-state index contributed by atoms with van der Waals surface area (Å²) in [6, 6.07) is 79.1. The topological polar surface area (TPSA) is 3.24 Å². The molecule has 1 aromatic heterocycles. The molecule has 0 radical (unpaired) electrons. The Balaban J connectivity index is 1.07. The molecule has 0 N–H and O–H groups in total. The predicted octanol–water partition coefficient (Wildman–Crippen LogP) is 15.9. The van der Waals surface area contributed by atoms with Crippen molar-refractivity contribution in [2.24, 2.45) is 0 Å². The summed E-state index contributed by atoms with van der Waals surface area (Å²) in [5.41, 5.74) is 18.6. The molecule has 10 aromatic rings. The van der Waals surface area contributed by atoms with Crippen molar-refractivity contribution in [3.63, 3.8) is 0 Å². The molecule has 0 unspecified atom stereocenters. The molecule has 0 saturated carbocycles. The first-order valence-electron chi connectivity index (χ1n) is 20.9. The zero-order valence-electron chi connectivity index (χ0n) is 33.6. The second-order valence-corrected chi connectivity index (χ2v) is 17.9. The first-order chi connectivity index (χ1) is 29.5. The normalized spacial score (nSPS) is 14.1. The van der Waals surface area contributed by atoms with E-state index in [1.54, 1.807) is 0 Å². The number of benzene rings is 9. The van der Waals surface area contributed by atoms with Gasteiger partial charge < -0.3 is 4.90 Å². The van der Waals surface area contributed by atoms with E-state index in [2.05, 4.69) is 231 Å². The van der Waals surface area contributed by atoms with Crippen LogP contribution in [0, 0.1) is 0 Å². The Bertz CT molecular complexity index is 3240. The van der Waals surface area contributed by atoms with E-state index >= 15 is 0 Å². The van der Waals surface area contributed by atoms with Crippen LogP contribution in [0.1, 0.15) is 47.2 Å². The Kier molecular flexibility index (Phi) is 7.73. The minimum Gasteiger partial charge on any atom is -0.310 e. The average Bonchev–Trinajstić information content (AvgIpc) is 3.91. The summed E-state index contributed by atoms with van der Waals surface area (Å²) in [5.74, 6) is 0. The first-order valence-corrected chi connectivity index (χ1v) is 21.7. The van der Waals surface area contributed by atoms with Gasteiger partial charge in [-0.1, -0.05) is 184 Å². The molecule has 1 nitrogen and oxygen atoms in total. The molecule has 0 bridgehead atoms. The number of hydrogen-bond acceptors (Lipinski definition) is 2. The fraction of sp³-hybridized carbons (Fsp3) is 0.0690. The average molecular weight is 784 g/mol. The Morgan fingerprint density at radius 1 is 0.367 bits per heavy atom. The van der Waals surface area contributed by atoms with Gasteiger partial charge in [-0.2, -0.15) is 0 Å². The number of thiophene rings is 1. The van der Waals surface area contributed by atoms with Crippen LogP contribution in [0.2, 0.25) is 0 Å². The molecule has 2 aliphatic rings. The van der Waals surface area contributed by atoms with Gasteiger partial charge in [-0.15, -0.1) is 11.3 Å². The molecule has 2 aliphatic carbocycles. The minimum absolute atomic E-state index is 0.108. The summed E-state index contributed by atoms with van der Waals surface area (Å²) in [6.07, 6.45) is 0. The Labute approximate surface area is 355 Å². The van der Waals surface area contributed by atoms with Crippen molar-refractivity contribution in [3.8, 4) is 33.4 Å². The van der Waals surface area contributed by atoms with Crippen molar-refractivity contribution in [2.45, 2.75) is 24.7 Å². The molecule has 9 aromatic carbocycles. The zero-order chi connectivity index (χ0) is 40.0. The number of hydrogen-bond donors (Lipinski definition) is 0. The third-order valence-electron chi connectivity index (χ3n) is 13.4. The second-order valence-electron chi connectivity index (χ2n) is 16.8. The van der Waals surface area contributed by atoms with Gasteiger partial charge in [0.1, 0.15) is 0 Å². The van der Waals surface area contributed by atoms with Crippen LogP contribution in [0.4, 0.5) is 17.1 Å². The number of fused-ring (bicyclic) bond motifs is 9. The van der Waals surface area contributed by atoms with Crippen LogP contribution in [0.5, 0.6) is 0 Å². The third kappa shape index (κ3) is 4.98. The highest BCUT2D eigenvalue weighted by molar-refractivity contribution is 7.25. The minimum atomic E-state index is -0.470. The summed E-state index contributed by atoms with van der Waals surface area (Å²) in [4.78, 5) is 2.45. The van der Waals surface area contributed by atoms with Crippen LogP contribution in [0.15, 0.2) is 212 Å². The van der Waals surface area contributed by atoms with Crippen molar-refractivity contribution < 1.29 is 0 Å². The van der Waals surface area contributed by atoms with Gasteiger partial charge in [0, 0.05) is 42.6 Å². The highest BCUT2D eigenvalue weighted by atomic mass is 32.1. The summed E-state index contributed by atoms with van der Waals surface area (Å²) < 4.78 is 2.57. The van der Waals surface area contributed by atoms with Crippen LogP contribution in [0.3, 0.4) is 0 Å². The van der Waals surface area contributed by atoms with Crippen LogP contribution >= 0.6 is 11.3 Å². The van der Waals surface area contributed by atoms with E-state index in [-0.39, 0.29) is 5.41 Å². The molecular formula is C58H41NS. The van der Waals surface area contributed by atoms with Gasteiger partial charge >= 0.3 is 0 Å². The second kappa shape index (κ2) is 13.3. The highest BCUT2D eigenvalue weighted by Crippen LogP contribution is 2.58. The summed E-state index contributed by atoms with van der Waals surface area (Å²) >= 11 is 1.90.